The van der Waals surface area contributed by atoms with Gasteiger partial charge in [-0.2, -0.15) is 0 Å². The van der Waals surface area contributed by atoms with Crippen LogP contribution >= 0.6 is 0 Å². The first-order valence-corrected chi connectivity index (χ1v) is 8.34. The van der Waals surface area contributed by atoms with E-state index in [-0.39, 0.29) is 18.8 Å². The summed E-state index contributed by atoms with van der Waals surface area (Å²) in [6.45, 7) is 12.6. The fourth-order valence-corrected chi connectivity index (χ4v) is 3.43. The number of carbonyl (C=O) groups is 1. The number of carbonyl (C=O) groups excluding carboxylic acids is 1. The molecular formula is C16H30FN3O2. The molecule has 2 atom stereocenters. The van der Waals surface area contributed by atoms with E-state index < -0.39 is 5.60 Å². The van der Waals surface area contributed by atoms with E-state index in [1.165, 1.54) is 0 Å². The highest BCUT2D eigenvalue weighted by molar-refractivity contribution is 5.69. The summed E-state index contributed by atoms with van der Waals surface area (Å²) < 4.78 is 17.9. The second kappa shape index (κ2) is 7.13. The molecule has 0 spiro atoms. The molecule has 0 aromatic rings. The third-order valence-electron chi connectivity index (χ3n) is 4.62. The quantitative estimate of drug-likeness (QED) is 0.798. The maximum Gasteiger partial charge on any atom is 0.410 e. The highest BCUT2D eigenvalue weighted by atomic mass is 19.1. The molecule has 0 aromatic heterocycles. The Kier molecular flexibility index (Phi) is 5.66. The summed E-state index contributed by atoms with van der Waals surface area (Å²) in [4.78, 5) is 18.7. The number of hydrogen-bond donors (Lipinski definition) is 0. The van der Waals surface area contributed by atoms with E-state index in [1.54, 1.807) is 0 Å². The van der Waals surface area contributed by atoms with Crippen molar-refractivity contribution in [3.05, 3.63) is 0 Å². The van der Waals surface area contributed by atoms with Gasteiger partial charge in [-0.05, 0) is 34.1 Å². The average Bonchev–Trinajstić information content (AvgIpc) is 2.80. The zero-order valence-electron chi connectivity index (χ0n) is 14.3. The molecule has 2 aliphatic rings. The molecule has 0 radical (unpaired) electrons. The summed E-state index contributed by atoms with van der Waals surface area (Å²) in [5.41, 5.74) is -0.452. The second-order valence-electron chi connectivity index (χ2n) is 7.34. The minimum atomic E-state index is -0.452. The third-order valence-corrected chi connectivity index (χ3v) is 4.62. The van der Waals surface area contributed by atoms with Gasteiger partial charge in [-0.25, -0.2) is 9.18 Å². The Morgan fingerprint density at radius 2 is 1.82 bits per heavy atom. The Balaban J connectivity index is 1.86. The van der Waals surface area contributed by atoms with Gasteiger partial charge in [0, 0.05) is 51.4 Å². The van der Waals surface area contributed by atoms with Crippen LogP contribution in [0.25, 0.3) is 0 Å². The number of alkyl halides is 1. The van der Waals surface area contributed by atoms with Crippen molar-refractivity contribution in [3.63, 3.8) is 0 Å². The number of piperazine rings is 1. The molecule has 2 aliphatic heterocycles. The molecule has 0 aliphatic carbocycles. The molecule has 2 saturated heterocycles. The fraction of sp³-hybridized carbons (Fsp3) is 0.938. The minimum Gasteiger partial charge on any atom is -0.444 e. The van der Waals surface area contributed by atoms with Gasteiger partial charge in [0.25, 0.3) is 0 Å². The van der Waals surface area contributed by atoms with Crippen LogP contribution in [-0.2, 0) is 4.74 Å². The lowest BCUT2D eigenvalue weighted by atomic mass is 10.1. The van der Waals surface area contributed by atoms with Gasteiger partial charge >= 0.3 is 6.09 Å². The standard InChI is InChI=1S/C16H30FN3O2/c1-13-14(19-11-9-18(8-6-17)10-12-19)5-7-20(13)15(21)22-16(2,3)4/h13-14H,5-12H2,1-4H3/t13-,14-/m0/s1. The van der Waals surface area contributed by atoms with Crippen molar-refractivity contribution in [1.29, 1.82) is 0 Å². The minimum absolute atomic E-state index is 0.169. The first-order valence-electron chi connectivity index (χ1n) is 8.34. The Hall–Kier alpha value is -0.880. The lowest BCUT2D eigenvalue weighted by molar-refractivity contribution is 0.0177. The first kappa shape index (κ1) is 17.5. The molecular weight excluding hydrogens is 285 g/mol. The summed E-state index contributed by atoms with van der Waals surface area (Å²) >= 11 is 0. The molecule has 6 heteroatoms. The lowest BCUT2D eigenvalue weighted by Gasteiger charge is -2.39. The maximum atomic E-state index is 12.4. The summed E-state index contributed by atoms with van der Waals surface area (Å²) in [5, 5.41) is 0. The van der Waals surface area contributed by atoms with E-state index in [9.17, 15) is 9.18 Å². The molecule has 2 fully saturated rings. The number of ether oxygens (including phenoxy) is 1. The SMILES string of the molecule is C[C@H]1[C@@H](N2CCN(CCF)CC2)CCN1C(=O)OC(C)(C)C. The second-order valence-corrected chi connectivity index (χ2v) is 7.34. The van der Waals surface area contributed by atoms with Crippen LogP contribution in [0.5, 0.6) is 0 Å². The van der Waals surface area contributed by atoms with Crippen molar-refractivity contribution in [2.75, 3.05) is 45.9 Å². The monoisotopic (exact) mass is 315 g/mol. The van der Waals surface area contributed by atoms with E-state index >= 15 is 0 Å². The van der Waals surface area contributed by atoms with Crippen LogP contribution in [0, 0.1) is 0 Å². The van der Waals surface area contributed by atoms with Gasteiger partial charge in [-0.3, -0.25) is 9.80 Å². The highest BCUT2D eigenvalue weighted by Gasteiger charge is 2.39. The number of hydrogen-bond acceptors (Lipinski definition) is 4. The van der Waals surface area contributed by atoms with Crippen LogP contribution in [0.1, 0.15) is 34.1 Å². The predicted octanol–water partition coefficient (Wildman–Crippen LogP) is 1.97. The Morgan fingerprint density at radius 1 is 1.18 bits per heavy atom. The van der Waals surface area contributed by atoms with Crippen LogP contribution in [-0.4, -0.2) is 84.4 Å². The zero-order valence-corrected chi connectivity index (χ0v) is 14.3. The van der Waals surface area contributed by atoms with Crippen molar-refractivity contribution in [3.8, 4) is 0 Å². The number of rotatable bonds is 3. The van der Waals surface area contributed by atoms with Crippen LogP contribution in [0.4, 0.5) is 9.18 Å². The van der Waals surface area contributed by atoms with Crippen molar-refractivity contribution in [2.24, 2.45) is 0 Å². The average molecular weight is 315 g/mol. The van der Waals surface area contributed by atoms with Crippen molar-refractivity contribution < 1.29 is 13.9 Å². The van der Waals surface area contributed by atoms with E-state index in [4.69, 9.17) is 4.74 Å². The molecule has 22 heavy (non-hydrogen) atoms. The molecule has 0 saturated carbocycles. The van der Waals surface area contributed by atoms with E-state index in [0.29, 0.717) is 12.6 Å². The van der Waals surface area contributed by atoms with Crippen molar-refractivity contribution in [2.45, 2.75) is 51.8 Å². The largest absolute Gasteiger partial charge is 0.444 e. The molecule has 0 aromatic carbocycles. The van der Waals surface area contributed by atoms with Gasteiger partial charge in [0.2, 0.25) is 0 Å². The summed E-state index contributed by atoms with van der Waals surface area (Å²) in [6.07, 6.45) is 0.780. The summed E-state index contributed by atoms with van der Waals surface area (Å²) in [7, 11) is 0. The third kappa shape index (κ3) is 4.32. The maximum absolute atomic E-state index is 12.4. The number of halogens is 1. The van der Waals surface area contributed by atoms with Crippen LogP contribution < -0.4 is 0 Å². The predicted molar refractivity (Wildman–Crippen MR) is 84.8 cm³/mol. The Bertz CT molecular complexity index is 378. The van der Waals surface area contributed by atoms with Crippen molar-refractivity contribution >= 4 is 6.09 Å². The Labute approximate surface area is 133 Å². The van der Waals surface area contributed by atoms with Gasteiger partial charge < -0.3 is 9.64 Å². The normalized spacial score (nSPS) is 28.1. The van der Waals surface area contributed by atoms with E-state index in [1.807, 2.05) is 25.7 Å². The summed E-state index contributed by atoms with van der Waals surface area (Å²) in [6, 6.07) is 0.558. The van der Waals surface area contributed by atoms with Crippen molar-refractivity contribution in [1.82, 2.24) is 14.7 Å². The zero-order chi connectivity index (χ0) is 16.3. The Morgan fingerprint density at radius 3 is 2.36 bits per heavy atom. The van der Waals surface area contributed by atoms with Crippen LogP contribution in [0.2, 0.25) is 0 Å². The number of likely N-dealkylation sites (tertiary alicyclic amines) is 1. The fourth-order valence-electron chi connectivity index (χ4n) is 3.43. The smallest absolute Gasteiger partial charge is 0.410 e. The molecule has 0 unspecified atom stereocenters. The number of nitrogens with zero attached hydrogens (tertiary/aromatic N) is 3. The van der Waals surface area contributed by atoms with E-state index in [0.717, 1.165) is 39.1 Å². The summed E-state index contributed by atoms with van der Waals surface area (Å²) in [5.74, 6) is 0. The lowest BCUT2D eigenvalue weighted by Crippen LogP contribution is -2.54. The van der Waals surface area contributed by atoms with Crippen LogP contribution in [0.3, 0.4) is 0 Å². The molecule has 2 rings (SSSR count). The highest BCUT2D eigenvalue weighted by Crippen LogP contribution is 2.25. The molecule has 1 amide bonds. The topological polar surface area (TPSA) is 36.0 Å². The van der Waals surface area contributed by atoms with Gasteiger partial charge in [-0.15, -0.1) is 0 Å². The molecule has 0 N–H and O–H groups in total. The van der Waals surface area contributed by atoms with Gasteiger partial charge in [0.05, 0.1) is 0 Å². The molecule has 128 valence electrons. The number of amides is 1. The molecule has 0 bridgehead atoms. The molecule has 2 heterocycles. The van der Waals surface area contributed by atoms with Gasteiger partial charge in [0.15, 0.2) is 0 Å². The first-order chi connectivity index (χ1) is 10.3. The van der Waals surface area contributed by atoms with Crippen LogP contribution in [0.15, 0.2) is 0 Å². The van der Waals surface area contributed by atoms with Gasteiger partial charge in [0.1, 0.15) is 12.3 Å². The van der Waals surface area contributed by atoms with E-state index in [2.05, 4.69) is 16.7 Å². The molecule has 5 nitrogen and oxygen atoms in total. The van der Waals surface area contributed by atoms with Gasteiger partial charge in [-0.1, -0.05) is 0 Å².